The van der Waals surface area contributed by atoms with Crippen LogP contribution in [0.4, 0.5) is 5.82 Å². The highest BCUT2D eigenvalue weighted by molar-refractivity contribution is 5.35. The molecule has 0 aliphatic heterocycles. The van der Waals surface area contributed by atoms with Gasteiger partial charge in [0.05, 0.1) is 6.61 Å². The summed E-state index contributed by atoms with van der Waals surface area (Å²) >= 11 is 0. The molecule has 0 amide bonds. The average molecular weight is 194 g/mol. The zero-order valence-corrected chi connectivity index (χ0v) is 9.08. The van der Waals surface area contributed by atoms with Gasteiger partial charge in [0.15, 0.2) is 0 Å². The van der Waals surface area contributed by atoms with Crippen molar-refractivity contribution in [1.29, 1.82) is 0 Å². The molecule has 0 aliphatic rings. The van der Waals surface area contributed by atoms with E-state index in [9.17, 15) is 0 Å². The van der Waals surface area contributed by atoms with Gasteiger partial charge in [-0.3, -0.25) is 0 Å². The summed E-state index contributed by atoms with van der Waals surface area (Å²) in [5, 5.41) is 3.28. The van der Waals surface area contributed by atoms with Crippen molar-refractivity contribution in [3.05, 3.63) is 23.9 Å². The molecule has 14 heavy (non-hydrogen) atoms. The summed E-state index contributed by atoms with van der Waals surface area (Å²) in [6.45, 7) is 7.54. The molecule has 0 fully saturated rings. The van der Waals surface area contributed by atoms with Crippen LogP contribution >= 0.6 is 0 Å². The lowest BCUT2D eigenvalue weighted by atomic mass is 10.3. The summed E-state index contributed by atoms with van der Waals surface area (Å²) in [5.74, 6) is 0.914. The Morgan fingerprint density at radius 1 is 1.50 bits per heavy atom. The zero-order valence-electron chi connectivity index (χ0n) is 9.08. The van der Waals surface area contributed by atoms with Crippen LogP contribution in [0, 0.1) is 6.92 Å². The maximum Gasteiger partial charge on any atom is 0.126 e. The number of hydrogen-bond acceptors (Lipinski definition) is 3. The van der Waals surface area contributed by atoms with E-state index in [1.54, 1.807) is 0 Å². The largest absolute Gasteiger partial charge is 0.380 e. The fourth-order valence-corrected chi connectivity index (χ4v) is 1.21. The van der Waals surface area contributed by atoms with Crippen LogP contribution in [0.2, 0.25) is 0 Å². The molecule has 1 atom stereocenters. The Morgan fingerprint density at radius 2 is 2.29 bits per heavy atom. The summed E-state index contributed by atoms with van der Waals surface area (Å²) in [7, 11) is 0. The first-order valence-corrected chi connectivity index (χ1v) is 5.00. The summed E-state index contributed by atoms with van der Waals surface area (Å²) in [6, 6.07) is 6.25. The van der Waals surface area contributed by atoms with Gasteiger partial charge < -0.3 is 10.1 Å². The van der Waals surface area contributed by atoms with Crippen LogP contribution in [0.15, 0.2) is 18.2 Å². The lowest BCUT2D eigenvalue weighted by Crippen LogP contribution is -2.22. The monoisotopic (exact) mass is 194 g/mol. The van der Waals surface area contributed by atoms with Crippen molar-refractivity contribution in [2.24, 2.45) is 0 Å². The van der Waals surface area contributed by atoms with Gasteiger partial charge in [0.25, 0.3) is 0 Å². The predicted octanol–water partition coefficient (Wildman–Crippen LogP) is 2.23. The van der Waals surface area contributed by atoms with Crippen LogP contribution in [0.3, 0.4) is 0 Å². The second-order valence-electron chi connectivity index (χ2n) is 3.37. The molecular weight excluding hydrogens is 176 g/mol. The maximum atomic E-state index is 5.31. The van der Waals surface area contributed by atoms with Crippen molar-refractivity contribution < 1.29 is 4.74 Å². The van der Waals surface area contributed by atoms with E-state index in [0.29, 0.717) is 12.6 Å². The van der Waals surface area contributed by atoms with Crippen LogP contribution in [0.1, 0.15) is 19.5 Å². The predicted molar refractivity (Wildman–Crippen MR) is 58.6 cm³/mol. The molecule has 0 aromatic carbocycles. The van der Waals surface area contributed by atoms with Gasteiger partial charge in [-0.1, -0.05) is 6.07 Å². The van der Waals surface area contributed by atoms with Crippen LogP contribution in [0.25, 0.3) is 0 Å². The first kappa shape index (κ1) is 11.0. The van der Waals surface area contributed by atoms with Gasteiger partial charge in [0.1, 0.15) is 5.82 Å². The number of rotatable bonds is 5. The quantitative estimate of drug-likeness (QED) is 0.780. The number of nitrogens with zero attached hydrogens (tertiary/aromatic N) is 1. The van der Waals surface area contributed by atoms with Crippen molar-refractivity contribution in [2.45, 2.75) is 26.8 Å². The molecule has 1 N–H and O–H groups in total. The Kier molecular flexibility index (Phi) is 4.40. The molecule has 0 aliphatic carbocycles. The minimum Gasteiger partial charge on any atom is -0.380 e. The molecule has 1 aromatic heterocycles. The van der Waals surface area contributed by atoms with Crippen molar-refractivity contribution in [3.63, 3.8) is 0 Å². The van der Waals surface area contributed by atoms with Crippen LogP contribution in [-0.2, 0) is 4.74 Å². The van der Waals surface area contributed by atoms with E-state index in [1.807, 2.05) is 32.0 Å². The molecule has 0 saturated carbocycles. The lowest BCUT2D eigenvalue weighted by molar-refractivity contribution is 0.141. The number of hydrogen-bond donors (Lipinski definition) is 1. The van der Waals surface area contributed by atoms with E-state index in [2.05, 4.69) is 17.2 Å². The first-order chi connectivity index (χ1) is 6.72. The number of nitrogens with one attached hydrogen (secondary N) is 1. The highest BCUT2D eigenvalue weighted by Gasteiger charge is 2.01. The van der Waals surface area contributed by atoms with E-state index in [1.165, 1.54) is 0 Å². The van der Waals surface area contributed by atoms with Gasteiger partial charge >= 0.3 is 0 Å². The Balaban J connectivity index is 2.43. The Bertz CT molecular complexity index is 276. The minimum atomic E-state index is 0.296. The molecule has 1 rings (SSSR count). The molecule has 3 nitrogen and oxygen atoms in total. The highest BCUT2D eigenvalue weighted by Crippen LogP contribution is 2.05. The molecule has 78 valence electrons. The van der Waals surface area contributed by atoms with Gasteiger partial charge in [-0.15, -0.1) is 0 Å². The Hall–Kier alpha value is -1.09. The normalized spacial score (nSPS) is 12.5. The lowest BCUT2D eigenvalue weighted by Gasteiger charge is -2.14. The number of aryl methyl sites for hydroxylation is 1. The molecule has 0 bridgehead atoms. The third kappa shape index (κ3) is 3.75. The maximum absolute atomic E-state index is 5.31. The van der Waals surface area contributed by atoms with Crippen molar-refractivity contribution >= 4 is 5.82 Å². The fourth-order valence-electron chi connectivity index (χ4n) is 1.21. The average Bonchev–Trinajstić information content (AvgIpc) is 2.15. The molecule has 0 saturated heterocycles. The number of pyridine rings is 1. The van der Waals surface area contributed by atoms with Crippen molar-refractivity contribution in [3.8, 4) is 0 Å². The number of anilines is 1. The highest BCUT2D eigenvalue weighted by atomic mass is 16.5. The van der Waals surface area contributed by atoms with Crippen LogP contribution in [0.5, 0.6) is 0 Å². The zero-order chi connectivity index (χ0) is 10.4. The first-order valence-electron chi connectivity index (χ1n) is 5.00. The third-order valence-electron chi connectivity index (χ3n) is 1.85. The number of aromatic nitrogens is 1. The van der Waals surface area contributed by atoms with Gasteiger partial charge in [-0.25, -0.2) is 4.98 Å². The molecule has 1 aromatic rings. The molecule has 1 heterocycles. The molecule has 0 radical (unpaired) electrons. The minimum absolute atomic E-state index is 0.296. The van der Waals surface area contributed by atoms with Crippen molar-refractivity contribution in [1.82, 2.24) is 4.98 Å². The van der Waals surface area contributed by atoms with Gasteiger partial charge in [0.2, 0.25) is 0 Å². The summed E-state index contributed by atoms with van der Waals surface area (Å²) in [6.07, 6.45) is 0. The second-order valence-corrected chi connectivity index (χ2v) is 3.37. The van der Waals surface area contributed by atoms with Crippen molar-refractivity contribution in [2.75, 3.05) is 18.5 Å². The fraction of sp³-hybridized carbons (Fsp3) is 0.545. The SMILES string of the molecule is CCOCC(C)Nc1cccc(C)n1. The van der Waals surface area contributed by atoms with E-state index >= 15 is 0 Å². The van der Waals surface area contributed by atoms with E-state index in [0.717, 1.165) is 18.1 Å². The molecule has 0 spiro atoms. The number of ether oxygens (including phenoxy) is 1. The van der Waals surface area contributed by atoms with Gasteiger partial charge in [0, 0.05) is 18.3 Å². The Morgan fingerprint density at radius 3 is 2.93 bits per heavy atom. The van der Waals surface area contributed by atoms with Gasteiger partial charge in [-0.05, 0) is 32.9 Å². The summed E-state index contributed by atoms with van der Waals surface area (Å²) in [4.78, 5) is 4.35. The summed E-state index contributed by atoms with van der Waals surface area (Å²) in [5.41, 5.74) is 1.03. The topological polar surface area (TPSA) is 34.1 Å². The van der Waals surface area contributed by atoms with Crippen LogP contribution in [-0.4, -0.2) is 24.2 Å². The van der Waals surface area contributed by atoms with E-state index < -0.39 is 0 Å². The second kappa shape index (κ2) is 5.60. The third-order valence-corrected chi connectivity index (χ3v) is 1.85. The summed E-state index contributed by atoms with van der Waals surface area (Å²) < 4.78 is 5.31. The van der Waals surface area contributed by atoms with Crippen LogP contribution < -0.4 is 5.32 Å². The standard InChI is InChI=1S/C11H18N2O/c1-4-14-8-10(3)13-11-7-5-6-9(2)12-11/h5-7,10H,4,8H2,1-3H3,(H,12,13). The van der Waals surface area contributed by atoms with Gasteiger partial charge in [-0.2, -0.15) is 0 Å². The van der Waals surface area contributed by atoms with E-state index in [-0.39, 0.29) is 0 Å². The smallest absolute Gasteiger partial charge is 0.126 e. The Labute approximate surface area is 85.5 Å². The molecule has 3 heteroatoms. The van der Waals surface area contributed by atoms with E-state index in [4.69, 9.17) is 4.74 Å². The molecular formula is C11H18N2O. The molecule has 1 unspecified atom stereocenters.